The minimum absolute atomic E-state index is 0.178. The van der Waals surface area contributed by atoms with Crippen molar-refractivity contribution in [2.45, 2.75) is 39.3 Å². The van der Waals surface area contributed by atoms with Crippen LogP contribution in [0.25, 0.3) is 0 Å². The van der Waals surface area contributed by atoms with Gasteiger partial charge in [0, 0.05) is 18.8 Å². The number of nitrogens with one attached hydrogen (secondary N) is 1. The lowest BCUT2D eigenvalue weighted by Crippen LogP contribution is -2.01. The van der Waals surface area contributed by atoms with E-state index < -0.39 is 0 Å². The van der Waals surface area contributed by atoms with Crippen LogP contribution in [-0.2, 0) is 19.5 Å². The molecule has 2 rings (SSSR count). The molecule has 0 aliphatic rings. The first kappa shape index (κ1) is 14.5. The van der Waals surface area contributed by atoms with E-state index in [4.69, 9.17) is 5.11 Å². The molecule has 0 aliphatic carbocycles. The Kier molecular flexibility index (Phi) is 5.55. The highest BCUT2D eigenvalue weighted by Crippen LogP contribution is 2.11. The van der Waals surface area contributed by atoms with Crippen LogP contribution in [-0.4, -0.2) is 26.7 Å². The molecule has 1 aromatic carbocycles. The maximum absolute atomic E-state index is 8.77. The molecule has 0 saturated carbocycles. The lowest BCUT2D eigenvalue weighted by molar-refractivity contribution is 0.276. The fourth-order valence-electron chi connectivity index (χ4n) is 2.03. The van der Waals surface area contributed by atoms with Crippen LogP contribution in [0.15, 0.2) is 30.5 Å². The molecular weight excluding hydrogens is 252 g/mol. The molecule has 0 radical (unpaired) electrons. The van der Waals surface area contributed by atoms with Crippen LogP contribution in [0.5, 0.6) is 0 Å². The molecule has 0 unspecified atom stereocenters. The van der Waals surface area contributed by atoms with Gasteiger partial charge >= 0.3 is 0 Å². The van der Waals surface area contributed by atoms with Crippen LogP contribution >= 0.6 is 0 Å². The molecule has 0 saturated heterocycles. The summed E-state index contributed by atoms with van der Waals surface area (Å²) in [6.07, 6.45) is 4.91. The highest BCUT2D eigenvalue weighted by molar-refractivity contribution is 5.44. The predicted molar refractivity (Wildman–Crippen MR) is 79.5 cm³/mol. The van der Waals surface area contributed by atoms with Crippen molar-refractivity contribution in [3.63, 3.8) is 0 Å². The van der Waals surface area contributed by atoms with E-state index in [0.717, 1.165) is 17.8 Å². The molecule has 2 aromatic rings. The summed E-state index contributed by atoms with van der Waals surface area (Å²) >= 11 is 0. The van der Waals surface area contributed by atoms with Crippen molar-refractivity contribution in [2.24, 2.45) is 0 Å². The highest BCUT2D eigenvalue weighted by Gasteiger charge is 2.01. The molecule has 5 heteroatoms. The molecule has 0 amide bonds. The summed E-state index contributed by atoms with van der Waals surface area (Å²) in [6.45, 7) is 3.73. The van der Waals surface area contributed by atoms with Crippen molar-refractivity contribution in [3.8, 4) is 0 Å². The van der Waals surface area contributed by atoms with Gasteiger partial charge in [0.05, 0.1) is 12.7 Å². The monoisotopic (exact) mass is 274 g/mol. The third-order valence-electron chi connectivity index (χ3n) is 3.10. The number of rotatable bonds is 8. The Morgan fingerprint density at radius 2 is 2.05 bits per heavy atom. The molecule has 0 spiro atoms. The van der Waals surface area contributed by atoms with Crippen molar-refractivity contribution in [3.05, 3.63) is 41.7 Å². The van der Waals surface area contributed by atoms with E-state index in [1.165, 1.54) is 12.0 Å². The smallest absolute Gasteiger partial charge is 0.102 e. The van der Waals surface area contributed by atoms with Gasteiger partial charge in [-0.2, -0.15) is 0 Å². The second-order valence-corrected chi connectivity index (χ2v) is 4.85. The average Bonchev–Trinajstić information content (AvgIpc) is 2.93. The molecule has 2 N–H and O–H groups in total. The Balaban J connectivity index is 1.83. The van der Waals surface area contributed by atoms with Gasteiger partial charge in [0.2, 0.25) is 0 Å². The highest BCUT2D eigenvalue weighted by atomic mass is 16.3. The zero-order chi connectivity index (χ0) is 14.2. The van der Waals surface area contributed by atoms with Crippen LogP contribution in [0.1, 0.15) is 31.0 Å². The van der Waals surface area contributed by atoms with Gasteiger partial charge in [0.1, 0.15) is 5.69 Å². The maximum atomic E-state index is 8.77. The normalized spacial score (nSPS) is 10.7. The molecule has 5 nitrogen and oxygen atoms in total. The largest absolute Gasteiger partial charge is 0.396 e. The topological polar surface area (TPSA) is 63.0 Å². The second-order valence-electron chi connectivity index (χ2n) is 4.85. The molecule has 1 heterocycles. The van der Waals surface area contributed by atoms with E-state index >= 15 is 0 Å². The molecule has 0 bridgehead atoms. The summed E-state index contributed by atoms with van der Waals surface area (Å²) in [7, 11) is 0. The number of nitrogens with zero attached hydrogens (tertiary/aromatic N) is 3. The van der Waals surface area contributed by atoms with Crippen molar-refractivity contribution >= 4 is 5.69 Å². The van der Waals surface area contributed by atoms with Crippen LogP contribution < -0.4 is 5.32 Å². The predicted octanol–water partition coefficient (Wildman–Crippen LogP) is 2.23. The van der Waals surface area contributed by atoms with Crippen molar-refractivity contribution in [1.29, 1.82) is 0 Å². The first-order valence-corrected chi connectivity index (χ1v) is 7.14. The van der Waals surface area contributed by atoms with Gasteiger partial charge in [-0.15, -0.1) is 5.10 Å². The molecular formula is C15H22N4O. The minimum atomic E-state index is 0.178. The summed E-state index contributed by atoms with van der Waals surface area (Å²) in [4.78, 5) is 0. The number of aromatic nitrogens is 3. The van der Waals surface area contributed by atoms with E-state index in [1.54, 1.807) is 4.68 Å². The summed E-state index contributed by atoms with van der Waals surface area (Å²) in [5.74, 6) is 0. The van der Waals surface area contributed by atoms with Gasteiger partial charge in [-0.3, -0.25) is 4.68 Å². The number of anilines is 1. The van der Waals surface area contributed by atoms with Crippen LogP contribution in [0.4, 0.5) is 5.69 Å². The lowest BCUT2D eigenvalue weighted by atomic mass is 10.1. The van der Waals surface area contributed by atoms with Gasteiger partial charge in [-0.05, 0) is 30.5 Å². The van der Waals surface area contributed by atoms with Crippen molar-refractivity contribution in [1.82, 2.24) is 15.0 Å². The summed E-state index contributed by atoms with van der Waals surface area (Å²) in [5, 5.41) is 20.2. The molecule has 0 aliphatic heterocycles. The summed E-state index contributed by atoms with van der Waals surface area (Å²) in [5.41, 5.74) is 3.36. The number of aryl methyl sites for hydroxylation is 2. The molecule has 1 aromatic heterocycles. The van der Waals surface area contributed by atoms with Crippen molar-refractivity contribution in [2.75, 3.05) is 11.9 Å². The molecule has 0 atom stereocenters. The fourth-order valence-corrected chi connectivity index (χ4v) is 2.03. The van der Waals surface area contributed by atoms with E-state index in [9.17, 15) is 0 Å². The van der Waals surface area contributed by atoms with Gasteiger partial charge in [0.25, 0.3) is 0 Å². The Labute approximate surface area is 119 Å². The number of benzene rings is 1. The molecule has 20 heavy (non-hydrogen) atoms. The van der Waals surface area contributed by atoms with Gasteiger partial charge in [0.15, 0.2) is 0 Å². The van der Waals surface area contributed by atoms with Crippen LogP contribution in [0.3, 0.4) is 0 Å². The summed E-state index contributed by atoms with van der Waals surface area (Å²) in [6, 6.07) is 8.51. The SMILES string of the molecule is CCCc1ccc(NCc2cn(CCCO)nn2)cc1. The lowest BCUT2D eigenvalue weighted by Gasteiger charge is -2.05. The fraction of sp³-hybridized carbons (Fsp3) is 0.467. The van der Waals surface area contributed by atoms with E-state index in [0.29, 0.717) is 19.5 Å². The zero-order valence-electron chi connectivity index (χ0n) is 11.9. The third kappa shape index (κ3) is 4.35. The average molecular weight is 274 g/mol. The van der Waals surface area contributed by atoms with Crippen molar-refractivity contribution < 1.29 is 5.11 Å². The Morgan fingerprint density at radius 3 is 2.75 bits per heavy atom. The first-order chi connectivity index (χ1) is 9.81. The van der Waals surface area contributed by atoms with Gasteiger partial charge in [-0.25, -0.2) is 0 Å². The minimum Gasteiger partial charge on any atom is -0.396 e. The second kappa shape index (κ2) is 7.65. The zero-order valence-corrected chi connectivity index (χ0v) is 11.9. The maximum Gasteiger partial charge on any atom is 0.102 e. The third-order valence-corrected chi connectivity index (χ3v) is 3.10. The number of aliphatic hydroxyl groups is 1. The number of hydrogen-bond donors (Lipinski definition) is 2. The Bertz CT molecular complexity index is 507. The molecule has 0 fully saturated rings. The molecule has 108 valence electrons. The van der Waals surface area contributed by atoms with E-state index in [1.807, 2.05) is 6.20 Å². The van der Waals surface area contributed by atoms with E-state index in [2.05, 4.69) is 46.8 Å². The van der Waals surface area contributed by atoms with Gasteiger partial charge < -0.3 is 10.4 Å². The van der Waals surface area contributed by atoms with E-state index in [-0.39, 0.29) is 6.61 Å². The van der Waals surface area contributed by atoms with Crippen LogP contribution in [0.2, 0.25) is 0 Å². The number of hydrogen-bond acceptors (Lipinski definition) is 4. The standard InChI is InChI=1S/C15H22N4O/c1-2-4-13-5-7-14(8-6-13)16-11-15-12-19(18-17-15)9-3-10-20/h5-8,12,16,20H,2-4,9-11H2,1H3. The Morgan fingerprint density at radius 1 is 1.25 bits per heavy atom. The first-order valence-electron chi connectivity index (χ1n) is 7.14. The number of aliphatic hydroxyl groups excluding tert-OH is 1. The Hall–Kier alpha value is -1.88. The quantitative estimate of drug-likeness (QED) is 0.775. The van der Waals surface area contributed by atoms with Gasteiger partial charge in [-0.1, -0.05) is 30.7 Å². The van der Waals surface area contributed by atoms with Crippen LogP contribution in [0, 0.1) is 0 Å². The summed E-state index contributed by atoms with van der Waals surface area (Å²) < 4.78 is 1.76.